The number of rotatable bonds is 5. The van der Waals surface area contributed by atoms with Gasteiger partial charge in [-0.1, -0.05) is 19.4 Å². The molecule has 0 aliphatic heterocycles. The molecule has 2 nitrogen and oxygen atoms in total. The average Bonchev–Trinajstić information content (AvgIpc) is 2.76. The third kappa shape index (κ3) is 2.34. The summed E-state index contributed by atoms with van der Waals surface area (Å²) in [6.07, 6.45) is 2.98. The molecule has 92 valence electrons. The van der Waals surface area contributed by atoms with Crippen LogP contribution in [0.4, 0.5) is 4.39 Å². The Labute approximate surface area is 101 Å². The van der Waals surface area contributed by atoms with E-state index in [2.05, 4.69) is 5.32 Å². The van der Waals surface area contributed by atoms with E-state index in [1.807, 2.05) is 31.2 Å². The monoisotopic (exact) mass is 235 g/mol. The molecule has 1 aromatic heterocycles. The first kappa shape index (κ1) is 12.1. The van der Waals surface area contributed by atoms with Gasteiger partial charge >= 0.3 is 0 Å². The summed E-state index contributed by atoms with van der Waals surface area (Å²) in [5.74, 6) is 0. The molecule has 0 amide bonds. The van der Waals surface area contributed by atoms with Crippen molar-refractivity contribution in [3.63, 3.8) is 0 Å². The number of furan rings is 1. The van der Waals surface area contributed by atoms with E-state index in [0.717, 1.165) is 23.0 Å². The van der Waals surface area contributed by atoms with Crippen molar-refractivity contribution in [2.24, 2.45) is 0 Å². The van der Waals surface area contributed by atoms with Crippen molar-refractivity contribution in [3.8, 4) is 0 Å². The number of fused-ring (bicyclic) bond motifs is 1. The van der Waals surface area contributed by atoms with Crippen molar-refractivity contribution in [1.29, 1.82) is 0 Å². The highest BCUT2D eigenvalue weighted by molar-refractivity contribution is 5.78. The zero-order valence-electron chi connectivity index (χ0n) is 10.3. The summed E-state index contributed by atoms with van der Waals surface area (Å²) in [5, 5.41) is 3.89. The topological polar surface area (TPSA) is 25.2 Å². The fourth-order valence-electron chi connectivity index (χ4n) is 2.26. The number of benzene rings is 1. The average molecular weight is 235 g/mol. The lowest BCUT2D eigenvalue weighted by Gasteiger charge is -2.25. The van der Waals surface area contributed by atoms with Crippen LogP contribution in [0.5, 0.6) is 0 Å². The molecule has 0 aliphatic carbocycles. The summed E-state index contributed by atoms with van der Waals surface area (Å²) >= 11 is 0. The van der Waals surface area contributed by atoms with Crippen LogP contribution in [0, 0.1) is 0 Å². The fraction of sp³-hybridized carbons (Fsp3) is 0.429. The molecule has 1 atom stereocenters. The Morgan fingerprint density at radius 1 is 1.35 bits per heavy atom. The lowest BCUT2D eigenvalue weighted by molar-refractivity contribution is 0.149. The molecule has 0 bridgehead atoms. The largest absolute Gasteiger partial charge is 0.464 e. The van der Waals surface area contributed by atoms with Crippen molar-refractivity contribution in [3.05, 3.63) is 36.1 Å². The van der Waals surface area contributed by atoms with E-state index in [-0.39, 0.29) is 0 Å². The van der Waals surface area contributed by atoms with Gasteiger partial charge in [0.2, 0.25) is 0 Å². The Balaban J connectivity index is 2.40. The molecule has 0 aliphatic rings. The number of nitrogens with one attached hydrogen (secondary N) is 1. The maximum absolute atomic E-state index is 14.9. The number of alkyl halides is 1. The first-order chi connectivity index (χ1) is 8.19. The Morgan fingerprint density at radius 2 is 2.18 bits per heavy atom. The van der Waals surface area contributed by atoms with Gasteiger partial charge in [0.1, 0.15) is 11.3 Å². The van der Waals surface area contributed by atoms with Crippen LogP contribution in [0.2, 0.25) is 0 Å². The van der Waals surface area contributed by atoms with Crippen molar-refractivity contribution in [1.82, 2.24) is 5.32 Å². The molecule has 1 unspecified atom stereocenters. The molecule has 2 aromatic rings. The predicted molar refractivity (Wildman–Crippen MR) is 67.8 cm³/mol. The molecule has 3 heteroatoms. The molecule has 0 fully saturated rings. The minimum atomic E-state index is -1.30. The van der Waals surface area contributed by atoms with Crippen LogP contribution in [-0.2, 0) is 5.67 Å². The summed E-state index contributed by atoms with van der Waals surface area (Å²) in [5.41, 5.74) is 0.231. The normalized spacial score (nSPS) is 15.0. The van der Waals surface area contributed by atoms with Crippen LogP contribution < -0.4 is 5.32 Å². The maximum atomic E-state index is 14.9. The summed E-state index contributed by atoms with van der Waals surface area (Å²) in [4.78, 5) is 0. The summed E-state index contributed by atoms with van der Waals surface area (Å²) in [7, 11) is 1.78. The van der Waals surface area contributed by atoms with Crippen LogP contribution in [0.15, 0.2) is 34.9 Å². The lowest BCUT2D eigenvalue weighted by atomic mass is 9.90. The molecule has 0 radical (unpaired) electrons. The Morgan fingerprint density at radius 3 is 2.88 bits per heavy atom. The van der Waals surface area contributed by atoms with Gasteiger partial charge in [-0.05, 0) is 37.2 Å². The summed E-state index contributed by atoms with van der Waals surface area (Å²) in [6.45, 7) is 2.34. The highest BCUT2D eigenvalue weighted by Gasteiger charge is 2.30. The summed E-state index contributed by atoms with van der Waals surface area (Å²) in [6, 6.07) is 7.40. The van der Waals surface area contributed by atoms with Crippen LogP contribution >= 0.6 is 0 Å². The molecule has 1 N–H and O–H groups in total. The minimum Gasteiger partial charge on any atom is -0.464 e. The van der Waals surface area contributed by atoms with Gasteiger partial charge in [-0.3, -0.25) is 0 Å². The third-order valence-electron chi connectivity index (χ3n) is 3.07. The van der Waals surface area contributed by atoms with E-state index < -0.39 is 5.67 Å². The van der Waals surface area contributed by atoms with Gasteiger partial charge in [-0.2, -0.15) is 0 Å². The zero-order chi connectivity index (χ0) is 12.3. The third-order valence-corrected chi connectivity index (χ3v) is 3.07. The number of likely N-dealkylation sites (N-methyl/N-ethyl adjacent to an activating group) is 1. The van der Waals surface area contributed by atoms with Gasteiger partial charge < -0.3 is 9.73 Å². The molecular weight excluding hydrogens is 217 g/mol. The Hall–Kier alpha value is -1.35. The summed E-state index contributed by atoms with van der Waals surface area (Å²) < 4.78 is 20.1. The minimum absolute atomic E-state index is 0.337. The first-order valence-electron chi connectivity index (χ1n) is 6.01. The molecular formula is C14H18FNO. The standard InChI is InChI=1S/C14H18FNO/c1-3-7-14(15,10-16-2)12-4-5-13-11(9-12)6-8-17-13/h4-6,8-9,16H,3,7,10H2,1-2H3. The SMILES string of the molecule is CCCC(F)(CNC)c1ccc2occc2c1. The van der Waals surface area contributed by atoms with Gasteiger partial charge in [-0.15, -0.1) is 0 Å². The highest BCUT2D eigenvalue weighted by atomic mass is 19.1. The van der Waals surface area contributed by atoms with Gasteiger partial charge in [0, 0.05) is 11.9 Å². The second-order valence-electron chi connectivity index (χ2n) is 4.42. The van der Waals surface area contributed by atoms with Gasteiger partial charge in [0.25, 0.3) is 0 Å². The predicted octanol–water partition coefficient (Wildman–Crippen LogP) is 3.62. The van der Waals surface area contributed by atoms with Crippen molar-refractivity contribution in [2.45, 2.75) is 25.4 Å². The molecule has 1 aromatic carbocycles. The maximum Gasteiger partial charge on any atom is 0.148 e. The van der Waals surface area contributed by atoms with Crippen molar-refractivity contribution in [2.75, 3.05) is 13.6 Å². The van der Waals surface area contributed by atoms with Crippen LogP contribution in [0.25, 0.3) is 11.0 Å². The number of hydrogen-bond donors (Lipinski definition) is 1. The van der Waals surface area contributed by atoms with Gasteiger partial charge in [-0.25, -0.2) is 4.39 Å². The number of halogens is 1. The zero-order valence-corrected chi connectivity index (χ0v) is 10.3. The first-order valence-corrected chi connectivity index (χ1v) is 6.01. The van der Waals surface area contributed by atoms with Crippen LogP contribution in [0.1, 0.15) is 25.3 Å². The quantitative estimate of drug-likeness (QED) is 0.856. The van der Waals surface area contributed by atoms with Crippen LogP contribution in [0.3, 0.4) is 0 Å². The van der Waals surface area contributed by atoms with E-state index in [9.17, 15) is 4.39 Å². The molecule has 0 spiro atoms. The van der Waals surface area contributed by atoms with Crippen molar-refractivity contribution >= 4 is 11.0 Å². The molecule has 17 heavy (non-hydrogen) atoms. The fourth-order valence-corrected chi connectivity index (χ4v) is 2.26. The Kier molecular flexibility index (Phi) is 3.48. The van der Waals surface area contributed by atoms with E-state index in [4.69, 9.17) is 4.42 Å². The van der Waals surface area contributed by atoms with Gasteiger partial charge in [0.15, 0.2) is 0 Å². The Bertz CT molecular complexity index is 486. The molecule has 0 saturated heterocycles. The molecule has 1 heterocycles. The van der Waals surface area contributed by atoms with E-state index in [1.165, 1.54) is 0 Å². The highest BCUT2D eigenvalue weighted by Crippen LogP contribution is 2.32. The van der Waals surface area contributed by atoms with Crippen LogP contribution in [-0.4, -0.2) is 13.6 Å². The van der Waals surface area contributed by atoms with Crippen molar-refractivity contribution < 1.29 is 8.81 Å². The second-order valence-corrected chi connectivity index (χ2v) is 4.42. The van der Waals surface area contributed by atoms with E-state index in [1.54, 1.807) is 13.3 Å². The lowest BCUT2D eigenvalue weighted by Crippen LogP contribution is -2.32. The van der Waals surface area contributed by atoms with Gasteiger partial charge in [0.05, 0.1) is 6.26 Å². The van der Waals surface area contributed by atoms with E-state index in [0.29, 0.717) is 13.0 Å². The second kappa shape index (κ2) is 4.88. The molecule has 0 saturated carbocycles. The van der Waals surface area contributed by atoms with E-state index >= 15 is 0 Å². The molecule has 2 rings (SSSR count). The smallest absolute Gasteiger partial charge is 0.148 e. The number of hydrogen-bond acceptors (Lipinski definition) is 2.